The van der Waals surface area contributed by atoms with Crippen LogP contribution in [-0.2, 0) is 32.5 Å². The largest absolute Gasteiger partial charge is 0.255 e. The second-order valence-corrected chi connectivity index (χ2v) is 19.8. The maximum atomic E-state index is 15.1. The summed E-state index contributed by atoms with van der Waals surface area (Å²) in [6, 6.07) is 18.2. The average Bonchev–Trinajstić information content (AvgIpc) is 3.64. The van der Waals surface area contributed by atoms with Gasteiger partial charge in [-0.05, 0) is 72.5 Å². The van der Waals surface area contributed by atoms with Crippen LogP contribution in [0.5, 0.6) is 0 Å². The molecule has 4 heterocycles. The van der Waals surface area contributed by atoms with Gasteiger partial charge in [-0.25, -0.2) is 31.2 Å². The van der Waals surface area contributed by atoms with Crippen molar-refractivity contribution in [3.05, 3.63) is 127 Å². The summed E-state index contributed by atoms with van der Waals surface area (Å²) in [5.74, 6) is -0.582. The van der Waals surface area contributed by atoms with Gasteiger partial charge in [-0.1, -0.05) is 81.6 Å². The minimum Gasteiger partial charge on any atom is -0.255 e. The molecule has 4 aromatic heterocycles. The molecule has 0 N–H and O–H groups in total. The summed E-state index contributed by atoms with van der Waals surface area (Å²) >= 11 is 13.5. The van der Waals surface area contributed by atoms with Gasteiger partial charge in [0, 0.05) is 56.1 Å². The Bertz CT molecular complexity index is 2670. The van der Waals surface area contributed by atoms with Gasteiger partial charge in [-0.2, -0.15) is 0 Å². The first-order valence-corrected chi connectivity index (χ1v) is 22.2. The van der Waals surface area contributed by atoms with Crippen LogP contribution in [0.1, 0.15) is 58.9 Å². The highest BCUT2D eigenvalue weighted by Crippen LogP contribution is 2.43. The van der Waals surface area contributed by atoms with Crippen LogP contribution >= 0.6 is 43.5 Å². The topological polar surface area (TPSA) is 120 Å². The molecule has 0 spiro atoms. The summed E-state index contributed by atoms with van der Waals surface area (Å²) in [5, 5.41) is 1.94. The highest BCUT2D eigenvalue weighted by Gasteiger charge is 2.31. The standard InChI is InChI=1S/C20H16BrClN2O2S.C20H16BrFN2O2S/c2*1-3-27(25,26)17-8-12-4-5-14(21)9-16(12)24-20(17)15-7-13-6-11(2)10-23-19(13)18(15)22/h2*4-6,8-10H,3,7H2,1-2H3. The van der Waals surface area contributed by atoms with E-state index < -0.39 is 25.5 Å². The molecule has 0 bridgehead atoms. The lowest BCUT2D eigenvalue weighted by atomic mass is 10.1. The van der Waals surface area contributed by atoms with Gasteiger partial charge >= 0.3 is 0 Å². The minimum absolute atomic E-state index is 0.00107. The number of benzene rings is 2. The zero-order valence-electron chi connectivity index (χ0n) is 29.5. The van der Waals surface area contributed by atoms with E-state index in [1.807, 2.05) is 50.2 Å². The zero-order valence-corrected chi connectivity index (χ0v) is 35.1. The van der Waals surface area contributed by atoms with E-state index in [0.717, 1.165) is 36.6 Å². The van der Waals surface area contributed by atoms with Gasteiger partial charge in [-0.15, -0.1) is 0 Å². The van der Waals surface area contributed by atoms with Crippen LogP contribution in [0.15, 0.2) is 91.8 Å². The molecule has 2 aliphatic carbocycles. The summed E-state index contributed by atoms with van der Waals surface area (Å²) in [6.45, 7) is 7.07. The van der Waals surface area contributed by atoms with Gasteiger partial charge in [-0.3, -0.25) is 9.97 Å². The SMILES string of the molecule is CCS(=O)(=O)c1cc2ccc(Br)cc2nc1C1=C(Cl)c2ncc(C)cc2C1.CCS(=O)(=O)c1cc2ccc(Br)cc2nc1C1=C(F)c2ncc(C)cc2C1. The van der Waals surface area contributed by atoms with Crippen molar-refractivity contribution in [3.8, 4) is 0 Å². The molecule has 2 aliphatic rings. The number of hydrogen-bond donors (Lipinski definition) is 0. The molecule has 2 aromatic carbocycles. The predicted octanol–water partition coefficient (Wildman–Crippen LogP) is 10.0. The average molecular weight is 911 g/mol. The molecule has 0 radical (unpaired) electrons. The monoisotopic (exact) mass is 908 g/mol. The Morgan fingerprint density at radius 2 is 1.09 bits per heavy atom. The van der Waals surface area contributed by atoms with E-state index in [-0.39, 0.29) is 44.7 Å². The Hall–Kier alpha value is -3.88. The Balaban J connectivity index is 0.000000167. The van der Waals surface area contributed by atoms with Crippen LogP contribution in [0.3, 0.4) is 0 Å². The van der Waals surface area contributed by atoms with Crippen LogP contribution in [0, 0.1) is 13.8 Å². The number of fused-ring (bicyclic) bond motifs is 4. The second kappa shape index (κ2) is 14.6. The maximum absolute atomic E-state index is 15.1. The van der Waals surface area contributed by atoms with Crippen molar-refractivity contribution in [3.63, 3.8) is 0 Å². The first-order valence-electron chi connectivity index (χ1n) is 17.0. The first kappa shape index (κ1) is 38.4. The van der Waals surface area contributed by atoms with Crippen molar-refractivity contribution in [1.82, 2.24) is 19.9 Å². The van der Waals surface area contributed by atoms with Gasteiger partial charge < -0.3 is 0 Å². The number of aromatic nitrogens is 4. The summed E-state index contributed by atoms with van der Waals surface area (Å²) in [6.07, 6.45) is 4.16. The van der Waals surface area contributed by atoms with Gasteiger partial charge in [0.15, 0.2) is 25.5 Å². The molecular weight excluding hydrogens is 879 g/mol. The van der Waals surface area contributed by atoms with Crippen molar-refractivity contribution < 1.29 is 21.2 Å². The zero-order chi connectivity index (χ0) is 38.7. The normalized spacial score (nSPS) is 14.1. The van der Waals surface area contributed by atoms with E-state index in [2.05, 4.69) is 46.8 Å². The molecule has 54 heavy (non-hydrogen) atoms. The van der Waals surface area contributed by atoms with Crippen molar-refractivity contribution in [2.24, 2.45) is 0 Å². The van der Waals surface area contributed by atoms with Crippen LogP contribution < -0.4 is 0 Å². The summed E-state index contributed by atoms with van der Waals surface area (Å²) in [4.78, 5) is 18.2. The van der Waals surface area contributed by atoms with Crippen LogP contribution in [0.4, 0.5) is 4.39 Å². The lowest BCUT2D eigenvalue weighted by Crippen LogP contribution is -2.09. The van der Waals surface area contributed by atoms with E-state index in [1.165, 1.54) is 0 Å². The number of nitrogens with zero attached hydrogens (tertiary/aromatic N) is 4. The molecule has 0 amide bonds. The van der Waals surface area contributed by atoms with Crippen LogP contribution in [0.25, 0.3) is 43.8 Å². The molecule has 6 aromatic rings. The smallest absolute Gasteiger partial charge is 0.180 e. The fourth-order valence-corrected chi connectivity index (χ4v) is 9.77. The summed E-state index contributed by atoms with van der Waals surface area (Å²) in [7, 11) is -7.06. The lowest BCUT2D eigenvalue weighted by molar-refractivity contribution is 0.595. The third-order valence-electron chi connectivity index (χ3n) is 9.38. The fraction of sp³-hybridized carbons (Fsp3) is 0.200. The molecule has 8 rings (SSSR count). The minimum atomic E-state index is -3.58. The molecule has 0 saturated carbocycles. The molecule has 0 aliphatic heterocycles. The number of sulfone groups is 2. The van der Waals surface area contributed by atoms with E-state index in [9.17, 15) is 16.8 Å². The van der Waals surface area contributed by atoms with Crippen molar-refractivity contribution in [2.45, 2.75) is 50.3 Å². The molecular formula is C40H32Br2ClFN4O4S2. The predicted molar refractivity (Wildman–Crippen MR) is 220 cm³/mol. The number of rotatable bonds is 6. The Kier molecular flexibility index (Phi) is 10.4. The number of pyridine rings is 4. The third kappa shape index (κ3) is 7.16. The molecule has 0 saturated heterocycles. The van der Waals surface area contributed by atoms with Gasteiger partial charge in [0.25, 0.3) is 0 Å². The van der Waals surface area contributed by atoms with E-state index in [1.54, 1.807) is 50.5 Å². The number of hydrogen-bond acceptors (Lipinski definition) is 8. The molecule has 276 valence electrons. The van der Waals surface area contributed by atoms with Gasteiger partial charge in [0.05, 0.1) is 54.4 Å². The third-order valence-corrected chi connectivity index (χ3v) is 14.3. The number of aryl methyl sites for hydroxylation is 2. The van der Waals surface area contributed by atoms with E-state index in [0.29, 0.717) is 44.8 Å². The maximum Gasteiger partial charge on any atom is 0.180 e. The highest BCUT2D eigenvalue weighted by atomic mass is 79.9. The van der Waals surface area contributed by atoms with E-state index in [4.69, 9.17) is 16.6 Å². The summed E-state index contributed by atoms with van der Waals surface area (Å²) < 4.78 is 67.8. The van der Waals surface area contributed by atoms with Crippen LogP contribution in [-0.4, -0.2) is 48.3 Å². The van der Waals surface area contributed by atoms with Crippen molar-refractivity contribution in [1.29, 1.82) is 0 Å². The van der Waals surface area contributed by atoms with Gasteiger partial charge in [0.1, 0.15) is 5.69 Å². The molecule has 8 nitrogen and oxygen atoms in total. The summed E-state index contributed by atoms with van der Waals surface area (Å²) in [5.41, 5.74) is 7.58. The lowest BCUT2D eigenvalue weighted by Gasteiger charge is -2.12. The Morgan fingerprint density at radius 3 is 1.59 bits per heavy atom. The number of allylic oxidation sites excluding steroid dienone is 2. The Labute approximate surface area is 334 Å². The molecule has 14 heteroatoms. The first-order chi connectivity index (χ1) is 25.6. The Morgan fingerprint density at radius 1 is 0.648 bits per heavy atom. The van der Waals surface area contributed by atoms with E-state index >= 15 is 4.39 Å². The van der Waals surface area contributed by atoms with Crippen molar-refractivity contribution in [2.75, 3.05) is 11.5 Å². The molecule has 0 atom stereocenters. The molecule has 0 unspecified atom stereocenters. The second-order valence-electron chi connectivity index (χ2n) is 13.1. The fourth-order valence-electron chi connectivity index (χ4n) is 6.58. The van der Waals surface area contributed by atoms with Crippen LogP contribution in [0.2, 0.25) is 0 Å². The molecule has 0 fully saturated rings. The highest BCUT2D eigenvalue weighted by molar-refractivity contribution is 9.10. The quantitative estimate of drug-likeness (QED) is 0.162. The van der Waals surface area contributed by atoms with Gasteiger partial charge in [0.2, 0.25) is 0 Å². The number of halogens is 4. The van der Waals surface area contributed by atoms with Crippen molar-refractivity contribution >= 4 is 107 Å².